The van der Waals surface area contributed by atoms with Crippen LogP contribution in [0.2, 0.25) is 0 Å². The van der Waals surface area contributed by atoms with Gasteiger partial charge in [-0.2, -0.15) is 4.98 Å². The molecule has 1 heterocycles. The summed E-state index contributed by atoms with van der Waals surface area (Å²) < 4.78 is 10.4. The molecule has 7 nitrogen and oxygen atoms in total. The van der Waals surface area contributed by atoms with Gasteiger partial charge in [0.1, 0.15) is 5.82 Å². The topological polar surface area (TPSA) is 89.7 Å². The van der Waals surface area contributed by atoms with E-state index in [1.165, 1.54) is 0 Å². The van der Waals surface area contributed by atoms with E-state index in [-0.39, 0.29) is 18.6 Å². The molecule has 1 amide bonds. The van der Waals surface area contributed by atoms with Crippen molar-refractivity contribution in [1.82, 2.24) is 10.3 Å². The number of amides is 1. The summed E-state index contributed by atoms with van der Waals surface area (Å²) in [6.07, 6.45) is -0.0160. The van der Waals surface area contributed by atoms with Crippen molar-refractivity contribution in [2.24, 2.45) is 0 Å². The lowest BCUT2D eigenvalue weighted by atomic mass is 10.3. The molecule has 0 radical (unpaired) electrons. The largest absolute Gasteiger partial charge is 0.473 e. The predicted octanol–water partition coefficient (Wildman–Crippen LogP) is 0.650. The zero-order valence-corrected chi connectivity index (χ0v) is 13.0. The number of carbonyl (C=O) groups excluding carboxylic acids is 1. The highest BCUT2D eigenvalue weighted by Crippen LogP contribution is 2.23. The van der Waals surface area contributed by atoms with E-state index in [9.17, 15) is 4.79 Å². The molecule has 1 aromatic rings. The third-order valence-electron chi connectivity index (χ3n) is 2.62. The zero-order chi connectivity index (χ0) is 15.8. The van der Waals surface area contributed by atoms with Gasteiger partial charge in [0.15, 0.2) is 0 Å². The molecule has 0 aliphatic carbocycles. The Morgan fingerprint density at radius 3 is 2.81 bits per heavy atom. The van der Waals surface area contributed by atoms with Gasteiger partial charge in [-0.15, -0.1) is 0 Å². The number of nitrogens with zero attached hydrogens (tertiary/aromatic N) is 2. The fourth-order valence-corrected chi connectivity index (χ4v) is 1.62. The summed E-state index contributed by atoms with van der Waals surface area (Å²) in [5.74, 6) is 0.912. The van der Waals surface area contributed by atoms with E-state index < -0.39 is 0 Å². The summed E-state index contributed by atoms with van der Waals surface area (Å²) in [5, 5.41) is 2.75. The van der Waals surface area contributed by atoms with Crippen molar-refractivity contribution in [3.8, 4) is 5.88 Å². The molecule has 0 bridgehead atoms. The Hall–Kier alpha value is -2.02. The Kier molecular flexibility index (Phi) is 6.74. The minimum atomic E-state index is -0.0977. The van der Waals surface area contributed by atoms with Crippen LogP contribution >= 0.6 is 0 Å². The number of aromatic nitrogens is 1. The molecule has 118 valence electrons. The number of pyridine rings is 1. The molecule has 0 fully saturated rings. The molecule has 0 spiro atoms. The highest BCUT2D eigenvalue weighted by molar-refractivity contribution is 5.80. The number of nitrogens with one attached hydrogen (secondary N) is 1. The Balaban J connectivity index is 2.65. The lowest BCUT2D eigenvalue weighted by Crippen LogP contribution is -2.37. The molecule has 0 aliphatic rings. The summed E-state index contributed by atoms with van der Waals surface area (Å²) in [6.45, 7) is 4.98. The summed E-state index contributed by atoms with van der Waals surface area (Å²) in [4.78, 5) is 17.8. The maximum absolute atomic E-state index is 11.7. The van der Waals surface area contributed by atoms with Crippen LogP contribution in [0.3, 0.4) is 0 Å². The van der Waals surface area contributed by atoms with E-state index >= 15 is 0 Å². The second kappa shape index (κ2) is 8.31. The second-order valence-electron chi connectivity index (χ2n) is 4.93. The van der Waals surface area contributed by atoms with Crippen LogP contribution in [-0.4, -0.2) is 50.8 Å². The average molecular weight is 296 g/mol. The molecule has 7 heteroatoms. The summed E-state index contributed by atoms with van der Waals surface area (Å²) in [7, 11) is 3.38. The van der Waals surface area contributed by atoms with Crippen LogP contribution in [0.15, 0.2) is 12.1 Å². The standard InChI is InChI=1S/C14H24N4O3/c1-10(2)21-14-11(15)5-6-12(17-14)18(3)9-13(19)16-7-8-20-4/h5-6,10H,7-9,15H2,1-4H3,(H,16,19). The van der Waals surface area contributed by atoms with Crippen molar-refractivity contribution >= 4 is 17.4 Å². The molecular weight excluding hydrogens is 272 g/mol. The van der Waals surface area contributed by atoms with Crippen molar-refractivity contribution in [3.63, 3.8) is 0 Å². The molecule has 0 aromatic carbocycles. The fraction of sp³-hybridized carbons (Fsp3) is 0.571. The summed E-state index contributed by atoms with van der Waals surface area (Å²) in [6, 6.07) is 3.48. The lowest BCUT2D eigenvalue weighted by molar-refractivity contribution is -0.119. The smallest absolute Gasteiger partial charge is 0.239 e. The highest BCUT2D eigenvalue weighted by atomic mass is 16.5. The number of anilines is 2. The number of hydrogen-bond donors (Lipinski definition) is 2. The van der Waals surface area contributed by atoms with Crippen LogP contribution in [-0.2, 0) is 9.53 Å². The Bertz CT molecular complexity index is 466. The van der Waals surface area contributed by atoms with Gasteiger partial charge in [0, 0.05) is 20.7 Å². The van der Waals surface area contributed by atoms with Crippen LogP contribution in [0.1, 0.15) is 13.8 Å². The van der Waals surface area contributed by atoms with Gasteiger partial charge in [-0.05, 0) is 26.0 Å². The number of likely N-dealkylation sites (N-methyl/N-ethyl adjacent to an activating group) is 1. The quantitative estimate of drug-likeness (QED) is 0.685. The maximum Gasteiger partial charge on any atom is 0.239 e. The predicted molar refractivity (Wildman–Crippen MR) is 82.6 cm³/mol. The lowest BCUT2D eigenvalue weighted by Gasteiger charge is -2.19. The number of carbonyl (C=O) groups is 1. The van der Waals surface area contributed by atoms with Gasteiger partial charge in [0.05, 0.1) is 24.9 Å². The van der Waals surface area contributed by atoms with Gasteiger partial charge in [-0.1, -0.05) is 0 Å². The van der Waals surface area contributed by atoms with Crippen LogP contribution < -0.4 is 20.7 Å². The third-order valence-corrected chi connectivity index (χ3v) is 2.62. The minimum absolute atomic E-state index is 0.0160. The van der Waals surface area contributed by atoms with E-state index in [0.717, 1.165) is 0 Å². The van der Waals surface area contributed by atoms with E-state index in [1.54, 1.807) is 31.2 Å². The molecule has 0 atom stereocenters. The van der Waals surface area contributed by atoms with Crippen LogP contribution in [0.4, 0.5) is 11.5 Å². The molecular formula is C14H24N4O3. The molecule has 0 saturated heterocycles. The fourth-order valence-electron chi connectivity index (χ4n) is 1.62. The van der Waals surface area contributed by atoms with Crippen LogP contribution in [0, 0.1) is 0 Å². The van der Waals surface area contributed by atoms with E-state index in [2.05, 4.69) is 10.3 Å². The maximum atomic E-state index is 11.7. The third kappa shape index (κ3) is 5.86. The molecule has 21 heavy (non-hydrogen) atoms. The Morgan fingerprint density at radius 2 is 2.19 bits per heavy atom. The van der Waals surface area contributed by atoms with Gasteiger partial charge < -0.3 is 25.4 Å². The normalized spacial score (nSPS) is 10.5. The molecule has 1 rings (SSSR count). The van der Waals surface area contributed by atoms with Gasteiger partial charge in [0.25, 0.3) is 0 Å². The van der Waals surface area contributed by atoms with Crippen molar-refractivity contribution in [3.05, 3.63) is 12.1 Å². The van der Waals surface area contributed by atoms with Crippen LogP contribution in [0.25, 0.3) is 0 Å². The molecule has 3 N–H and O–H groups in total. The van der Waals surface area contributed by atoms with Gasteiger partial charge in [-0.3, -0.25) is 4.79 Å². The SMILES string of the molecule is COCCNC(=O)CN(C)c1ccc(N)c(OC(C)C)n1. The number of hydrogen-bond acceptors (Lipinski definition) is 6. The Labute approximate surface area is 125 Å². The highest BCUT2D eigenvalue weighted by Gasteiger charge is 2.12. The molecule has 0 unspecified atom stereocenters. The van der Waals surface area contributed by atoms with E-state index in [4.69, 9.17) is 15.2 Å². The van der Waals surface area contributed by atoms with Gasteiger partial charge >= 0.3 is 0 Å². The number of nitrogens with two attached hydrogens (primary N) is 1. The van der Waals surface area contributed by atoms with Crippen LogP contribution in [0.5, 0.6) is 5.88 Å². The second-order valence-corrected chi connectivity index (χ2v) is 4.93. The van der Waals surface area contributed by atoms with Crippen molar-refractivity contribution < 1.29 is 14.3 Å². The first-order valence-corrected chi connectivity index (χ1v) is 6.84. The number of methoxy groups -OCH3 is 1. The first kappa shape index (κ1) is 17.0. The van der Waals surface area contributed by atoms with E-state index in [0.29, 0.717) is 30.5 Å². The van der Waals surface area contributed by atoms with Gasteiger partial charge in [-0.25, -0.2) is 0 Å². The number of ether oxygens (including phenoxy) is 2. The van der Waals surface area contributed by atoms with Crippen molar-refractivity contribution in [1.29, 1.82) is 0 Å². The van der Waals surface area contributed by atoms with E-state index in [1.807, 2.05) is 13.8 Å². The average Bonchev–Trinajstić information content (AvgIpc) is 2.41. The first-order chi connectivity index (χ1) is 9.93. The first-order valence-electron chi connectivity index (χ1n) is 6.84. The molecule has 0 saturated carbocycles. The summed E-state index contributed by atoms with van der Waals surface area (Å²) >= 11 is 0. The molecule has 0 aliphatic heterocycles. The number of rotatable bonds is 8. The number of nitrogen functional groups attached to an aromatic ring is 1. The van der Waals surface area contributed by atoms with Crippen molar-refractivity contribution in [2.45, 2.75) is 20.0 Å². The van der Waals surface area contributed by atoms with Gasteiger partial charge in [0.2, 0.25) is 11.8 Å². The molecule has 1 aromatic heterocycles. The minimum Gasteiger partial charge on any atom is -0.473 e. The summed E-state index contributed by atoms with van der Waals surface area (Å²) in [5.41, 5.74) is 6.30. The Morgan fingerprint density at radius 1 is 1.48 bits per heavy atom. The monoisotopic (exact) mass is 296 g/mol. The zero-order valence-electron chi connectivity index (χ0n) is 13.0. The van der Waals surface area contributed by atoms with Crippen molar-refractivity contribution in [2.75, 3.05) is 44.5 Å².